The lowest BCUT2D eigenvalue weighted by Gasteiger charge is -2.15. The Hall–Kier alpha value is -0.510. The summed E-state index contributed by atoms with van der Waals surface area (Å²) in [5.41, 5.74) is 0. The van der Waals surface area contributed by atoms with Crippen LogP contribution in [-0.2, 0) is 0 Å². The van der Waals surface area contributed by atoms with Crippen molar-refractivity contribution in [3.8, 4) is 0 Å². The Balaban J connectivity index is 2.17. The quantitative estimate of drug-likeness (QED) is 0.472. The van der Waals surface area contributed by atoms with Gasteiger partial charge in [0.05, 0.1) is 0 Å². The summed E-state index contributed by atoms with van der Waals surface area (Å²) in [6.45, 7) is 7.44. The van der Waals surface area contributed by atoms with Gasteiger partial charge in [-0.05, 0) is 12.8 Å². The number of hydrogen-bond acceptors (Lipinski definition) is 0. The standard InChI is InChI=1S/C8H13N/c1-9-7-8-5-3-2-4-6-8/h8H,2-7H2. The Morgan fingerprint density at radius 3 is 2.44 bits per heavy atom. The van der Waals surface area contributed by atoms with Crippen molar-refractivity contribution >= 4 is 0 Å². The predicted octanol–water partition coefficient (Wildman–Crippen LogP) is 2.49. The van der Waals surface area contributed by atoms with Crippen molar-refractivity contribution in [3.63, 3.8) is 0 Å². The number of nitrogens with zero attached hydrogens (tertiary/aromatic N) is 1. The van der Waals surface area contributed by atoms with Crippen molar-refractivity contribution < 1.29 is 0 Å². The largest absolute Gasteiger partial charge is 0.317 e. The van der Waals surface area contributed by atoms with E-state index in [9.17, 15) is 0 Å². The molecule has 1 aliphatic carbocycles. The Kier molecular flexibility index (Phi) is 2.57. The van der Waals surface area contributed by atoms with Gasteiger partial charge in [-0.3, -0.25) is 0 Å². The van der Waals surface area contributed by atoms with Crippen LogP contribution in [0.4, 0.5) is 0 Å². The lowest BCUT2D eigenvalue weighted by Crippen LogP contribution is -2.07. The molecule has 1 saturated carbocycles. The predicted molar refractivity (Wildman–Crippen MR) is 38.0 cm³/mol. The third-order valence-corrected chi connectivity index (χ3v) is 2.07. The summed E-state index contributed by atoms with van der Waals surface area (Å²) in [5, 5.41) is 0. The zero-order valence-corrected chi connectivity index (χ0v) is 5.77. The first-order valence-electron chi connectivity index (χ1n) is 3.76. The van der Waals surface area contributed by atoms with Crippen LogP contribution in [0.5, 0.6) is 0 Å². The van der Waals surface area contributed by atoms with Gasteiger partial charge in [0, 0.05) is 5.92 Å². The molecule has 0 spiro atoms. The third kappa shape index (κ3) is 2.05. The molecule has 9 heavy (non-hydrogen) atoms. The molecule has 50 valence electrons. The lowest BCUT2D eigenvalue weighted by atomic mass is 9.89. The Morgan fingerprint density at radius 1 is 1.22 bits per heavy atom. The summed E-state index contributed by atoms with van der Waals surface area (Å²) in [5.74, 6) is 0.747. The molecule has 0 radical (unpaired) electrons. The Morgan fingerprint density at radius 2 is 1.89 bits per heavy atom. The molecule has 0 N–H and O–H groups in total. The van der Waals surface area contributed by atoms with Crippen molar-refractivity contribution in [1.82, 2.24) is 0 Å². The summed E-state index contributed by atoms with van der Waals surface area (Å²) in [7, 11) is 0. The van der Waals surface area contributed by atoms with E-state index in [0.29, 0.717) is 0 Å². The molecule has 0 bridgehead atoms. The first kappa shape index (κ1) is 6.61. The lowest BCUT2D eigenvalue weighted by molar-refractivity contribution is 0.379. The fraction of sp³-hybridized carbons (Fsp3) is 0.875. The van der Waals surface area contributed by atoms with Crippen molar-refractivity contribution in [2.45, 2.75) is 32.1 Å². The highest BCUT2D eigenvalue weighted by Gasteiger charge is 2.14. The highest BCUT2D eigenvalue weighted by molar-refractivity contribution is 4.73. The van der Waals surface area contributed by atoms with E-state index in [1.807, 2.05) is 0 Å². The van der Waals surface area contributed by atoms with E-state index >= 15 is 0 Å². The van der Waals surface area contributed by atoms with Crippen molar-refractivity contribution in [1.29, 1.82) is 0 Å². The summed E-state index contributed by atoms with van der Waals surface area (Å²) < 4.78 is 0. The van der Waals surface area contributed by atoms with Crippen molar-refractivity contribution in [2.75, 3.05) is 6.54 Å². The molecule has 0 atom stereocenters. The SMILES string of the molecule is [C-]#[N+]CC1CCCCC1. The highest BCUT2D eigenvalue weighted by atomic mass is 14.6. The Bertz CT molecular complexity index is 106. The van der Waals surface area contributed by atoms with Gasteiger partial charge in [0.1, 0.15) is 0 Å². The third-order valence-electron chi connectivity index (χ3n) is 2.07. The van der Waals surface area contributed by atoms with Crippen LogP contribution in [0, 0.1) is 12.5 Å². The Labute approximate surface area is 56.9 Å². The maximum absolute atomic E-state index is 6.66. The number of hydrogen-bond donors (Lipinski definition) is 0. The average Bonchev–Trinajstić information content (AvgIpc) is 1.91. The van der Waals surface area contributed by atoms with E-state index in [-0.39, 0.29) is 0 Å². The molecular weight excluding hydrogens is 110 g/mol. The molecule has 0 saturated heterocycles. The van der Waals surface area contributed by atoms with Gasteiger partial charge in [-0.25, -0.2) is 6.57 Å². The average molecular weight is 123 g/mol. The molecule has 0 aliphatic heterocycles. The van der Waals surface area contributed by atoms with E-state index < -0.39 is 0 Å². The van der Waals surface area contributed by atoms with Gasteiger partial charge >= 0.3 is 0 Å². The van der Waals surface area contributed by atoms with Crippen LogP contribution in [-0.4, -0.2) is 6.54 Å². The number of rotatable bonds is 1. The molecule has 0 aromatic rings. The molecular formula is C8H13N. The maximum atomic E-state index is 6.66. The van der Waals surface area contributed by atoms with Crippen LogP contribution in [0.15, 0.2) is 0 Å². The molecule has 1 heteroatoms. The topological polar surface area (TPSA) is 4.36 Å². The second kappa shape index (κ2) is 3.50. The smallest absolute Gasteiger partial charge is 0.217 e. The zero-order valence-electron chi connectivity index (χ0n) is 5.77. The molecule has 1 nitrogen and oxygen atoms in total. The van der Waals surface area contributed by atoms with Gasteiger partial charge in [0.15, 0.2) is 0 Å². The molecule has 1 aliphatic rings. The van der Waals surface area contributed by atoms with E-state index in [1.165, 1.54) is 32.1 Å². The first-order chi connectivity index (χ1) is 4.43. The summed E-state index contributed by atoms with van der Waals surface area (Å²) in [6, 6.07) is 0. The van der Waals surface area contributed by atoms with Gasteiger partial charge in [-0.15, -0.1) is 0 Å². The minimum atomic E-state index is 0.747. The van der Waals surface area contributed by atoms with Crippen LogP contribution in [0.1, 0.15) is 32.1 Å². The normalized spacial score (nSPS) is 21.2. The van der Waals surface area contributed by atoms with Gasteiger partial charge in [-0.1, -0.05) is 19.3 Å². The monoisotopic (exact) mass is 123 g/mol. The molecule has 0 unspecified atom stereocenters. The molecule has 1 rings (SSSR count). The minimum absolute atomic E-state index is 0.747. The summed E-state index contributed by atoms with van der Waals surface area (Å²) in [4.78, 5) is 3.41. The van der Waals surface area contributed by atoms with Gasteiger partial charge < -0.3 is 4.85 Å². The van der Waals surface area contributed by atoms with Gasteiger partial charge in [0.2, 0.25) is 6.54 Å². The van der Waals surface area contributed by atoms with Crippen LogP contribution in [0.25, 0.3) is 4.85 Å². The van der Waals surface area contributed by atoms with Crippen LogP contribution in [0.3, 0.4) is 0 Å². The zero-order chi connectivity index (χ0) is 6.53. The minimum Gasteiger partial charge on any atom is -0.317 e. The van der Waals surface area contributed by atoms with E-state index in [4.69, 9.17) is 6.57 Å². The molecule has 0 aromatic heterocycles. The first-order valence-corrected chi connectivity index (χ1v) is 3.76. The molecule has 0 amide bonds. The van der Waals surface area contributed by atoms with E-state index in [0.717, 1.165) is 12.5 Å². The van der Waals surface area contributed by atoms with Crippen LogP contribution < -0.4 is 0 Å². The van der Waals surface area contributed by atoms with Crippen molar-refractivity contribution in [3.05, 3.63) is 11.4 Å². The van der Waals surface area contributed by atoms with Gasteiger partial charge in [0.25, 0.3) is 0 Å². The second-order valence-electron chi connectivity index (χ2n) is 2.84. The van der Waals surface area contributed by atoms with Crippen LogP contribution >= 0.6 is 0 Å². The van der Waals surface area contributed by atoms with E-state index in [2.05, 4.69) is 4.85 Å². The van der Waals surface area contributed by atoms with Crippen molar-refractivity contribution in [2.24, 2.45) is 5.92 Å². The van der Waals surface area contributed by atoms with E-state index in [1.54, 1.807) is 0 Å². The fourth-order valence-corrected chi connectivity index (χ4v) is 1.50. The van der Waals surface area contributed by atoms with Crippen LogP contribution in [0.2, 0.25) is 0 Å². The molecule has 1 fully saturated rings. The summed E-state index contributed by atoms with van der Waals surface area (Å²) >= 11 is 0. The maximum Gasteiger partial charge on any atom is 0.217 e. The highest BCUT2D eigenvalue weighted by Crippen LogP contribution is 2.23. The second-order valence-corrected chi connectivity index (χ2v) is 2.84. The van der Waals surface area contributed by atoms with Gasteiger partial charge in [-0.2, -0.15) is 0 Å². The fourth-order valence-electron chi connectivity index (χ4n) is 1.50. The molecule has 0 aromatic carbocycles. The summed E-state index contributed by atoms with van der Waals surface area (Å²) in [6.07, 6.45) is 6.74. The molecule has 0 heterocycles.